The quantitative estimate of drug-likeness (QED) is 0.409. The Morgan fingerprint density at radius 3 is 2.41 bits per heavy atom. The fourth-order valence-corrected chi connectivity index (χ4v) is 3.07. The molecule has 0 N–H and O–H groups in total. The average molecular weight is 387 g/mol. The molecule has 27 heavy (non-hydrogen) atoms. The van der Waals surface area contributed by atoms with Crippen LogP contribution in [0.15, 0.2) is 41.8 Å². The third kappa shape index (κ3) is 7.53. The minimum Gasteiger partial charge on any atom is -0.382 e. The van der Waals surface area contributed by atoms with E-state index in [2.05, 4.69) is 23.1 Å². The first-order valence-corrected chi connectivity index (χ1v) is 9.74. The van der Waals surface area contributed by atoms with E-state index in [1.54, 1.807) is 18.4 Å². The molecule has 2 aromatic rings. The van der Waals surface area contributed by atoms with E-state index in [9.17, 15) is 5.26 Å². The summed E-state index contributed by atoms with van der Waals surface area (Å²) in [5.74, 6) is 0. The molecule has 1 aromatic carbocycles. The van der Waals surface area contributed by atoms with Crippen molar-refractivity contribution < 1.29 is 14.2 Å². The van der Waals surface area contributed by atoms with E-state index in [4.69, 9.17) is 14.2 Å². The molecule has 144 valence electrons. The Bertz CT molecular complexity index is 721. The summed E-state index contributed by atoms with van der Waals surface area (Å²) in [6, 6.07) is 14.4. The van der Waals surface area contributed by atoms with Gasteiger partial charge in [0.05, 0.1) is 38.6 Å². The van der Waals surface area contributed by atoms with Crippen molar-refractivity contribution >= 4 is 28.7 Å². The van der Waals surface area contributed by atoms with Gasteiger partial charge < -0.3 is 19.1 Å². The van der Waals surface area contributed by atoms with E-state index in [1.165, 1.54) is 0 Å². The molecule has 0 saturated carbocycles. The first-order chi connectivity index (χ1) is 13.2. The third-order valence-corrected chi connectivity index (χ3v) is 4.83. The number of benzene rings is 1. The molecule has 0 bridgehead atoms. The Labute approximate surface area is 165 Å². The molecule has 0 aliphatic heterocycles. The molecule has 5 nitrogen and oxygen atoms in total. The summed E-state index contributed by atoms with van der Waals surface area (Å²) < 4.78 is 15.9. The molecular formula is C21H26N2O3S. The molecular weight excluding hydrogens is 360 g/mol. The fraction of sp³-hybridized carbons (Fsp3) is 0.381. The number of allylic oxidation sites excluding steroid dienone is 1. The van der Waals surface area contributed by atoms with Gasteiger partial charge in [0, 0.05) is 31.3 Å². The van der Waals surface area contributed by atoms with Crippen LogP contribution in [0, 0.1) is 11.3 Å². The molecule has 0 aliphatic carbocycles. The number of likely N-dealkylation sites (N-methyl/N-ethyl adjacent to an activating group) is 1. The fourth-order valence-electron chi connectivity index (χ4n) is 2.38. The largest absolute Gasteiger partial charge is 0.382 e. The van der Waals surface area contributed by atoms with Crippen LogP contribution in [0.2, 0.25) is 0 Å². The lowest BCUT2D eigenvalue weighted by Gasteiger charge is -2.19. The van der Waals surface area contributed by atoms with Crippen LogP contribution in [0.5, 0.6) is 0 Å². The zero-order valence-electron chi connectivity index (χ0n) is 15.9. The Hall–Kier alpha value is -2.17. The van der Waals surface area contributed by atoms with Gasteiger partial charge >= 0.3 is 0 Å². The van der Waals surface area contributed by atoms with Gasteiger partial charge in [0.25, 0.3) is 0 Å². The minimum atomic E-state index is 0.583. The summed E-state index contributed by atoms with van der Waals surface area (Å²) in [5.41, 5.74) is 2.82. The Kier molecular flexibility index (Phi) is 9.60. The number of ether oxygens (including phenoxy) is 3. The number of rotatable bonds is 12. The molecule has 1 aromatic heterocycles. The summed E-state index contributed by atoms with van der Waals surface area (Å²) in [6.45, 7) is 3.81. The van der Waals surface area contributed by atoms with Crippen molar-refractivity contribution in [2.24, 2.45) is 0 Å². The van der Waals surface area contributed by atoms with Gasteiger partial charge in [0.2, 0.25) is 0 Å². The van der Waals surface area contributed by atoms with E-state index in [0.717, 1.165) is 22.7 Å². The zero-order chi connectivity index (χ0) is 19.3. The number of nitrogens with zero attached hydrogens (tertiary/aromatic N) is 2. The second kappa shape index (κ2) is 12.3. The van der Waals surface area contributed by atoms with E-state index < -0.39 is 0 Å². The molecule has 0 radical (unpaired) electrons. The van der Waals surface area contributed by atoms with E-state index >= 15 is 0 Å². The van der Waals surface area contributed by atoms with Gasteiger partial charge in [-0.25, -0.2) is 0 Å². The summed E-state index contributed by atoms with van der Waals surface area (Å²) in [5, 5.41) is 11.3. The predicted octanol–water partition coefficient (Wildman–Crippen LogP) is 3.93. The highest BCUT2D eigenvalue weighted by Gasteiger charge is 2.04. The number of hydrogen-bond donors (Lipinski definition) is 0. The van der Waals surface area contributed by atoms with E-state index in [-0.39, 0.29) is 0 Å². The lowest BCUT2D eigenvalue weighted by Crippen LogP contribution is -2.23. The highest BCUT2D eigenvalue weighted by Crippen LogP contribution is 2.23. The zero-order valence-corrected chi connectivity index (χ0v) is 16.7. The predicted molar refractivity (Wildman–Crippen MR) is 111 cm³/mol. The van der Waals surface area contributed by atoms with Crippen LogP contribution in [0.4, 0.5) is 5.69 Å². The summed E-state index contributed by atoms with van der Waals surface area (Å²) in [4.78, 5) is 3.13. The summed E-state index contributed by atoms with van der Waals surface area (Å²) >= 11 is 1.57. The third-order valence-electron chi connectivity index (χ3n) is 3.93. The normalized spacial score (nSPS) is 11.4. The first kappa shape index (κ1) is 21.1. The number of methoxy groups -OCH3 is 1. The second-order valence-corrected chi connectivity index (χ2v) is 6.83. The topological polar surface area (TPSA) is 54.7 Å². The number of nitriles is 1. The molecule has 0 amide bonds. The van der Waals surface area contributed by atoms with E-state index in [1.807, 2.05) is 42.8 Å². The van der Waals surface area contributed by atoms with Crippen molar-refractivity contribution in [3.63, 3.8) is 0 Å². The van der Waals surface area contributed by atoms with Crippen LogP contribution in [0.3, 0.4) is 0 Å². The van der Waals surface area contributed by atoms with Crippen LogP contribution in [-0.4, -0.2) is 53.7 Å². The maximum absolute atomic E-state index is 9.35. The molecule has 6 heteroatoms. The average Bonchev–Trinajstić information content (AvgIpc) is 3.23. The van der Waals surface area contributed by atoms with Crippen LogP contribution in [-0.2, 0) is 14.2 Å². The van der Waals surface area contributed by atoms with E-state index in [0.29, 0.717) is 38.6 Å². The van der Waals surface area contributed by atoms with Gasteiger partial charge in [0.1, 0.15) is 6.07 Å². The maximum Gasteiger partial charge on any atom is 0.101 e. The van der Waals surface area contributed by atoms with Crippen LogP contribution in [0.25, 0.3) is 11.6 Å². The monoisotopic (exact) mass is 386 g/mol. The van der Waals surface area contributed by atoms with Crippen molar-refractivity contribution in [3.05, 3.63) is 52.2 Å². The maximum atomic E-state index is 9.35. The smallest absolute Gasteiger partial charge is 0.101 e. The molecule has 0 spiro atoms. The number of thiophene rings is 1. The van der Waals surface area contributed by atoms with Crippen LogP contribution >= 0.6 is 11.3 Å². The number of hydrogen-bond acceptors (Lipinski definition) is 6. The van der Waals surface area contributed by atoms with Gasteiger partial charge in [-0.05, 0) is 35.2 Å². The lowest BCUT2D eigenvalue weighted by atomic mass is 10.1. The van der Waals surface area contributed by atoms with Crippen molar-refractivity contribution in [1.29, 1.82) is 5.26 Å². The number of anilines is 1. The molecule has 0 saturated heterocycles. The standard InChI is InChI=1S/C21H26N2O3S/c1-23(9-10-25-13-14-26-12-11-24-2)20-7-5-18(6-8-20)16-19(17-22)21-4-3-15-27-21/h3-8,15-16H,9-14H2,1-2H3/b19-16+. The van der Waals surface area contributed by atoms with Crippen molar-refractivity contribution in [1.82, 2.24) is 0 Å². The second-order valence-electron chi connectivity index (χ2n) is 5.88. The van der Waals surface area contributed by atoms with Gasteiger partial charge in [-0.1, -0.05) is 18.2 Å². The Morgan fingerprint density at radius 1 is 1.07 bits per heavy atom. The van der Waals surface area contributed by atoms with Crippen molar-refractivity contribution in [3.8, 4) is 6.07 Å². The summed E-state index contributed by atoms with van der Waals surface area (Å²) in [7, 11) is 3.69. The highest BCUT2D eigenvalue weighted by atomic mass is 32.1. The van der Waals surface area contributed by atoms with Crippen LogP contribution in [0.1, 0.15) is 10.4 Å². The molecule has 0 atom stereocenters. The molecule has 1 heterocycles. The van der Waals surface area contributed by atoms with Gasteiger partial charge in [0.15, 0.2) is 0 Å². The lowest BCUT2D eigenvalue weighted by molar-refractivity contribution is 0.0266. The van der Waals surface area contributed by atoms with Crippen LogP contribution < -0.4 is 4.90 Å². The molecule has 0 fully saturated rings. The Balaban J connectivity index is 1.76. The van der Waals surface area contributed by atoms with Gasteiger partial charge in [-0.3, -0.25) is 0 Å². The molecule has 0 unspecified atom stereocenters. The van der Waals surface area contributed by atoms with Crippen molar-refractivity contribution in [2.75, 3.05) is 58.6 Å². The molecule has 0 aliphatic rings. The molecule has 2 rings (SSSR count). The van der Waals surface area contributed by atoms with Gasteiger partial charge in [-0.2, -0.15) is 5.26 Å². The summed E-state index contributed by atoms with van der Waals surface area (Å²) in [6.07, 6.45) is 1.92. The highest BCUT2D eigenvalue weighted by molar-refractivity contribution is 7.11. The first-order valence-electron chi connectivity index (χ1n) is 8.86. The minimum absolute atomic E-state index is 0.583. The van der Waals surface area contributed by atoms with Crippen molar-refractivity contribution in [2.45, 2.75) is 0 Å². The SMILES string of the molecule is COCCOCCOCCN(C)c1ccc(/C=C(\C#N)c2cccs2)cc1. The van der Waals surface area contributed by atoms with Gasteiger partial charge in [-0.15, -0.1) is 11.3 Å². The Morgan fingerprint density at radius 2 is 1.78 bits per heavy atom.